The molecule has 0 aliphatic rings. The number of carbonyl (C=O) groups is 2. The van der Waals surface area contributed by atoms with Crippen LogP contribution >= 0.6 is 0 Å². The Hall–Kier alpha value is -1.56. The zero-order valence-electron chi connectivity index (χ0n) is 9.21. The fourth-order valence-electron chi connectivity index (χ4n) is 1.03. The molecular formula is C12H16O3. The molecule has 0 bridgehead atoms. The van der Waals surface area contributed by atoms with Crippen molar-refractivity contribution < 1.29 is 14.3 Å². The zero-order chi connectivity index (χ0) is 11.7. The number of ether oxygens (including phenoxy) is 1. The first-order valence-corrected chi connectivity index (χ1v) is 4.95. The highest BCUT2D eigenvalue weighted by Crippen LogP contribution is 2.05. The van der Waals surface area contributed by atoms with Gasteiger partial charge >= 0.3 is 5.97 Å². The Labute approximate surface area is 90.5 Å². The standard InChI is InChI=1S/C12H16O3/c1-4-6-7-8-9-11(10(3)13)12(14)15-5-2/h1,9H,5-8H2,2-3H3. The van der Waals surface area contributed by atoms with Crippen molar-refractivity contribution in [3.63, 3.8) is 0 Å². The predicted molar refractivity (Wildman–Crippen MR) is 58.1 cm³/mol. The van der Waals surface area contributed by atoms with Crippen LogP contribution in [-0.4, -0.2) is 18.4 Å². The van der Waals surface area contributed by atoms with E-state index in [9.17, 15) is 9.59 Å². The van der Waals surface area contributed by atoms with Gasteiger partial charge in [0.15, 0.2) is 5.78 Å². The highest BCUT2D eigenvalue weighted by Gasteiger charge is 2.14. The molecule has 0 rings (SSSR count). The molecule has 3 heteroatoms. The topological polar surface area (TPSA) is 43.4 Å². The molecule has 0 heterocycles. The second kappa shape index (κ2) is 7.81. The minimum atomic E-state index is -0.550. The number of hydrogen-bond acceptors (Lipinski definition) is 3. The van der Waals surface area contributed by atoms with Crippen molar-refractivity contribution in [3.05, 3.63) is 11.6 Å². The summed E-state index contributed by atoms with van der Waals surface area (Å²) in [6, 6.07) is 0. The number of Topliss-reactive ketones (excluding diaryl/α,β-unsaturated/α-hetero) is 1. The van der Waals surface area contributed by atoms with E-state index in [0.29, 0.717) is 12.8 Å². The van der Waals surface area contributed by atoms with Gasteiger partial charge in [-0.25, -0.2) is 4.79 Å². The minimum Gasteiger partial charge on any atom is -0.462 e. The summed E-state index contributed by atoms with van der Waals surface area (Å²) in [6.45, 7) is 3.33. The Balaban J connectivity index is 4.33. The van der Waals surface area contributed by atoms with Crippen molar-refractivity contribution in [2.24, 2.45) is 0 Å². The third-order valence-corrected chi connectivity index (χ3v) is 1.75. The van der Waals surface area contributed by atoms with Crippen molar-refractivity contribution in [1.82, 2.24) is 0 Å². The molecule has 0 saturated heterocycles. The first kappa shape index (κ1) is 13.4. The Morgan fingerprint density at radius 2 is 2.13 bits per heavy atom. The average Bonchev–Trinajstić information content (AvgIpc) is 2.17. The van der Waals surface area contributed by atoms with Crippen LogP contribution in [0.25, 0.3) is 0 Å². The predicted octanol–water partition coefficient (Wildman–Crippen LogP) is 1.87. The summed E-state index contributed by atoms with van der Waals surface area (Å²) in [5.74, 6) is 1.68. The molecule has 0 saturated carbocycles. The van der Waals surface area contributed by atoms with Crippen LogP contribution in [-0.2, 0) is 14.3 Å². The number of esters is 1. The Morgan fingerprint density at radius 3 is 2.60 bits per heavy atom. The van der Waals surface area contributed by atoms with Gasteiger partial charge in [-0.05, 0) is 26.7 Å². The SMILES string of the molecule is C#CCCCC=C(C(C)=O)C(=O)OCC. The van der Waals surface area contributed by atoms with Crippen LogP contribution in [0.1, 0.15) is 33.1 Å². The van der Waals surface area contributed by atoms with E-state index >= 15 is 0 Å². The lowest BCUT2D eigenvalue weighted by Gasteiger charge is -2.02. The Morgan fingerprint density at radius 1 is 1.47 bits per heavy atom. The Kier molecular flexibility index (Phi) is 7.00. The number of carbonyl (C=O) groups excluding carboxylic acids is 2. The number of ketones is 1. The maximum absolute atomic E-state index is 11.3. The van der Waals surface area contributed by atoms with E-state index in [1.165, 1.54) is 6.92 Å². The lowest BCUT2D eigenvalue weighted by Crippen LogP contribution is -2.13. The van der Waals surface area contributed by atoms with E-state index in [4.69, 9.17) is 11.2 Å². The van der Waals surface area contributed by atoms with Gasteiger partial charge in [0.2, 0.25) is 0 Å². The average molecular weight is 208 g/mol. The normalized spacial score (nSPS) is 10.6. The number of unbranched alkanes of at least 4 members (excludes halogenated alkanes) is 2. The van der Waals surface area contributed by atoms with Gasteiger partial charge in [0.25, 0.3) is 0 Å². The molecule has 3 nitrogen and oxygen atoms in total. The largest absolute Gasteiger partial charge is 0.462 e. The van der Waals surface area contributed by atoms with Gasteiger partial charge in [0, 0.05) is 6.42 Å². The smallest absolute Gasteiger partial charge is 0.341 e. The van der Waals surface area contributed by atoms with Crippen LogP contribution in [0.15, 0.2) is 11.6 Å². The van der Waals surface area contributed by atoms with Gasteiger partial charge in [0.1, 0.15) is 0 Å². The molecule has 0 unspecified atom stereocenters. The molecule has 0 aliphatic carbocycles. The summed E-state index contributed by atoms with van der Waals surface area (Å²) in [7, 11) is 0. The van der Waals surface area contributed by atoms with E-state index in [2.05, 4.69) is 5.92 Å². The fraction of sp³-hybridized carbons (Fsp3) is 0.500. The maximum Gasteiger partial charge on any atom is 0.341 e. The van der Waals surface area contributed by atoms with Crippen molar-refractivity contribution in [2.45, 2.75) is 33.1 Å². The molecule has 0 aliphatic heterocycles. The van der Waals surface area contributed by atoms with E-state index in [-0.39, 0.29) is 18.0 Å². The van der Waals surface area contributed by atoms with Crippen LogP contribution in [0.5, 0.6) is 0 Å². The summed E-state index contributed by atoms with van der Waals surface area (Å²) in [5.41, 5.74) is 0.119. The molecule has 0 aromatic rings. The summed E-state index contributed by atoms with van der Waals surface area (Å²) in [5, 5.41) is 0. The highest BCUT2D eigenvalue weighted by molar-refractivity contribution is 6.16. The molecule has 0 atom stereocenters. The first-order valence-electron chi connectivity index (χ1n) is 4.95. The monoisotopic (exact) mass is 208 g/mol. The van der Waals surface area contributed by atoms with Crippen molar-refractivity contribution in [3.8, 4) is 12.3 Å². The summed E-state index contributed by atoms with van der Waals surface area (Å²) in [6.07, 6.45) is 8.72. The molecule has 0 N–H and O–H groups in total. The summed E-state index contributed by atoms with van der Waals surface area (Å²) < 4.78 is 4.75. The van der Waals surface area contributed by atoms with Crippen LogP contribution in [0.4, 0.5) is 0 Å². The zero-order valence-corrected chi connectivity index (χ0v) is 9.21. The fourth-order valence-corrected chi connectivity index (χ4v) is 1.03. The van der Waals surface area contributed by atoms with Gasteiger partial charge in [-0.3, -0.25) is 4.79 Å². The third-order valence-electron chi connectivity index (χ3n) is 1.75. The molecule has 0 amide bonds. The number of terminal acetylenes is 1. The summed E-state index contributed by atoms with van der Waals surface area (Å²) >= 11 is 0. The van der Waals surface area contributed by atoms with E-state index in [1.807, 2.05) is 0 Å². The summed E-state index contributed by atoms with van der Waals surface area (Å²) in [4.78, 5) is 22.4. The molecule has 0 aromatic carbocycles. The molecule has 0 radical (unpaired) electrons. The maximum atomic E-state index is 11.3. The van der Waals surface area contributed by atoms with Gasteiger partial charge in [-0.1, -0.05) is 6.08 Å². The molecule has 82 valence electrons. The first-order chi connectivity index (χ1) is 7.13. The lowest BCUT2D eigenvalue weighted by molar-refractivity contribution is -0.139. The highest BCUT2D eigenvalue weighted by atomic mass is 16.5. The van der Waals surface area contributed by atoms with Gasteiger partial charge in [-0.2, -0.15) is 0 Å². The van der Waals surface area contributed by atoms with E-state index in [0.717, 1.165) is 6.42 Å². The number of allylic oxidation sites excluding steroid dienone is 1. The second-order valence-corrected chi connectivity index (χ2v) is 2.99. The molecule has 0 spiro atoms. The second-order valence-electron chi connectivity index (χ2n) is 2.99. The third kappa shape index (κ3) is 5.69. The minimum absolute atomic E-state index is 0.119. The van der Waals surface area contributed by atoms with Gasteiger partial charge in [-0.15, -0.1) is 12.3 Å². The molecule has 15 heavy (non-hydrogen) atoms. The molecular weight excluding hydrogens is 192 g/mol. The number of rotatable bonds is 6. The van der Waals surface area contributed by atoms with Crippen LogP contribution in [0.2, 0.25) is 0 Å². The van der Waals surface area contributed by atoms with E-state index < -0.39 is 5.97 Å². The van der Waals surface area contributed by atoms with Crippen molar-refractivity contribution in [1.29, 1.82) is 0 Å². The molecule has 0 fully saturated rings. The van der Waals surface area contributed by atoms with E-state index in [1.54, 1.807) is 13.0 Å². The van der Waals surface area contributed by atoms with Crippen LogP contribution in [0.3, 0.4) is 0 Å². The van der Waals surface area contributed by atoms with Crippen molar-refractivity contribution in [2.75, 3.05) is 6.61 Å². The number of hydrogen-bond donors (Lipinski definition) is 0. The van der Waals surface area contributed by atoms with Crippen molar-refractivity contribution >= 4 is 11.8 Å². The van der Waals surface area contributed by atoms with Crippen LogP contribution < -0.4 is 0 Å². The van der Waals surface area contributed by atoms with Gasteiger partial charge in [0.05, 0.1) is 12.2 Å². The van der Waals surface area contributed by atoms with Gasteiger partial charge < -0.3 is 4.74 Å². The quantitative estimate of drug-likeness (QED) is 0.167. The van der Waals surface area contributed by atoms with Crippen LogP contribution in [0, 0.1) is 12.3 Å². The Bertz CT molecular complexity index is 294. The lowest BCUT2D eigenvalue weighted by atomic mass is 10.1. The molecule has 0 aromatic heterocycles.